The van der Waals surface area contributed by atoms with Crippen molar-refractivity contribution in [3.05, 3.63) is 0 Å². The molecule has 1 aliphatic rings. The quantitative estimate of drug-likeness (QED) is 0.624. The van der Waals surface area contributed by atoms with Crippen molar-refractivity contribution in [3.63, 3.8) is 0 Å². The van der Waals surface area contributed by atoms with Crippen molar-refractivity contribution in [2.45, 2.75) is 26.3 Å². The Morgan fingerprint density at radius 2 is 2.25 bits per heavy atom. The van der Waals surface area contributed by atoms with E-state index in [1.54, 1.807) is 0 Å². The van der Waals surface area contributed by atoms with Crippen LogP contribution in [0.3, 0.4) is 0 Å². The van der Waals surface area contributed by atoms with E-state index < -0.39 is 0 Å². The van der Waals surface area contributed by atoms with Crippen molar-refractivity contribution < 1.29 is 9.53 Å². The van der Waals surface area contributed by atoms with Crippen LogP contribution in [-0.2, 0) is 9.53 Å². The molecule has 0 aromatic rings. The first-order valence-corrected chi connectivity index (χ1v) is 4.46. The molecule has 3 heteroatoms. The van der Waals surface area contributed by atoms with Crippen LogP contribution in [0.15, 0.2) is 0 Å². The van der Waals surface area contributed by atoms with E-state index in [0.717, 1.165) is 13.0 Å². The fourth-order valence-corrected chi connectivity index (χ4v) is 1.59. The Morgan fingerprint density at radius 1 is 1.58 bits per heavy atom. The number of carbonyl (C=O) groups is 1. The molecule has 0 amide bonds. The summed E-state index contributed by atoms with van der Waals surface area (Å²) in [6.45, 7) is 5.31. The minimum absolute atomic E-state index is 0.0672. The number of methoxy groups -OCH3 is 1. The van der Waals surface area contributed by atoms with Gasteiger partial charge in [-0.3, -0.25) is 4.79 Å². The van der Waals surface area contributed by atoms with Crippen molar-refractivity contribution >= 4 is 5.97 Å². The molecule has 0 aliphatic carbocycles. The fraction of sp³-hybridized carbons (Fsp3) is 0.889. The summed E-state index contributed by atoms with van der Waals surface area (Å²) in [5, 5.41) is 3.16. The first-order valence-electron chi connectivity index (χ1n) is 4.46. The zero-order valence-corrected chi connectivity index (χ0v) is 7.96. The van der Waals surface area contributed by atoms with Crippen LogP contribution in [0.5, 0.6) is 0 Å². The van der Waals surface area contributed by atoms with Gasteiger partial charge in [-0.15, -0.1) is 0 Å². The standard InChI is InChI=1S/C9H17NO2/c1-6(2)7-4-8(10-5-7)9(11)12-3/h6-8,10H,4-5H2,1-3H3/t7-,8-/m0/s1. The van der Waals surface area contributed by atoms with Gasteiger partial charge in [-0.25, -0.2) is 0 Å². The maximum absolute atomic E-state index is 11.1. The Hall–Kier alpha value is -0.570. The van der Waals surface area contributed by atoms with Crippen LogP contribution in [0.25, 0.3) is 0 Å². The van der Waals surface area contributed by atoms with E-state index in [2.05, 4.69) is 23.9 Å². The highest BCUT2D eigenvalue weighted by molar-refractivity contribution is 5.76. The lowest BCUT2D eigenvalue weighted by molar-refractivity contribution is -0.142. The number of hydrogen-bond acceptors (Lipinski definition) is 3. The van der Waals surface area contributed by atoms with Gasteiger partial charge in [0.05, 0.1) is 7.11 Å². The second-order valence-corrected chi connectivity index (χ2v) is 3.72. The predicted molar refractivity (Wildman–Crippen MR) is 46.8 cm³/mol. The zero-order valence-electron chi connectivity index (χ0n) is 7.96. The molecule has 1 rings (SSSR count). The average Bonchev–Trinajstić information content (AvgIpc) is 2.51. The Labute approximate surface area is 73.5 Å². The number of ether oxygens (including phenoxy) is 1. The van der Waals surface area contributed by atoms with Gasteiger partial charge in [-0.05, 0) is 24.8 Å². The molecular weight excluding hydrogens is 154 g/mol. The Morgan fingerprint density at radius 3 is 2.67 bits per heavy atom. The Balaban J connectivity index is 2.40. The molecule has 1 heterocycles. The highest BCUT2D eigenvalue weighted by Crippen LogP contribution is 2.22. The predicted octanol–water partition coefficient (Wildman–Crippen LogP) is 0.793. The van der Waals surface area contributed by atoms with E-state index in [1.165, 1.54) is 7.11 Å². The first kappa shape index (κ1) is 9.52. The summed E-state index contributed by atoms with van der Waals surface area (Å²) in [6.07, 6.45) is 0.921. The number of esters is 1. The smallest absolute Gasteiger partial charge is 0.322 e. The largest absolute Gasteiger partial charge is 0.468 e. The summed E-state index contributed by atoms with van der Waals surface area (Å²) in [4.78, 5) is 11.1. The first-order chi connectivity index (χ1) is 5.65. The van der Waals surface area contributed by atoms with Gasteiger partial charge >= 0.3 is 5.97 Å². The van der Waals surface area contributed by atoms with Crippen molar-refractivity contribution in [1.29, 1.82) is 0 Å². The van der Waals surface area contributed by atoms with Crippen molar-refractivity contribution in [1.82, 2.24) is 5.32 Å². The number of nitrogens with one attached hydrogen (secondary N) is 1. The molecule has 12 heavy (non-hydrogen) atoms. The van der Waals surface area contributed by atoms with Gasteiger partial charge in [-0.1, -0.05) is 13.8 Å². The van der Waals surface area contributed by atoms with E-state index in [1.807, 2.05) is 0 Å². The molecule has 0 saturated carbocycles. The van der Waals surface area contributed by atoms with Gasteiger partial charge in [-0.2, -0.15) is 0 Å². The summed E-state index contributed by atoms with van der Waals surface area (Å²) in [5.74, 6) is 1.14. The lowest BCUT2D eigenvalue weighted by Gasteiger charge is -2.11. The lowest BCUT2D eigenvalue weighted by Crippen LogP contribution is -2.31. The minimum Gasteiger partial charge on any atom is -0.468 e. The van der Waals surface area contributed by atoms with E-state index in [4.69, 9.17) is 0 Å². The van der Waals surface area contributed by atoms with Crippen LogP contribution in [-0.4, -0.2) is 25.7 Å². The maximum atomic E-state index is 11.1. The summed E-state index contributed by atoms with van der Waals surface area (Å²) in [7, 11) is 1.44. The van der Waals surface area contributed by atoms with Crippen molar-refractivity contribution in [2.75, 3.05) is 13.7 Å². The van der Waals surface area contributed by atoms with E-state index in [0.29, 0.717) is 11.8 Å². The van der Waals surface area contributed by atoms with Crippen molar-refractivity contribution in [2.24, 2.45) is 11.8 Å². The van der Waals surface area contributed by atoms with Gasteiger partial charge in [0.2, 0.25) is 0 Å². The van der Waals surface area contributed by atoms with Crippen LogP contribution >= 0.6 is 0 Å². The molecule has 0 spiro atoms. The fourth-order valence-electron chi connectivity index (χ4n) is 1.59. The van der Waals surface area contributed by atoms with Crippen LogP contribution < -0.4 is 5.32 Å². The molecule has 0 radical (unpaired) electrons. The van der Waals surface area contributed by atoms with Gasteiger partial charge in [0.1, 0.15) is 6.04 Å². The Bertz CT molecular complexity index is 168. The molecule has 3 nitrogen and oxygen atoms in total. The summed E-state index contributed by atoms with van der Waals surface area (Å²) in [5.41, 5.74) is 0. The highest BCUT2D eigenvalue weighted by atomic mass is 16.5. The number of carbonyl (C=O) groups excluding carboxylic acids is 1. The highest BCUT2D eigenvalue weighted by Gasteiger charge is 2.31. The van der Waals surface area contributed by atoms with Gasteiger partial charge < -0.3 is 10.1 Å². The second-order valence-electron chi connectivity index (χ2n) is 3.72. The molecule has 2 atom stereocenters. The van der Waals surface area contributed by atoms with E-state index in [-0.39, 0.29) is 12.0 Å². The third-order valence-corrected chi connectivity index (χ3v) is 2.59. The average molecular weight is 171 g/mol. The molecule has 70 valence electrons. The van der Waals surface area contributed by atoms with Crippen LogP contribution in [0.1, 0.15) is 20.3 Å². The molecule has 1 saturated heterocycles. The third-order valence-electron chi connectivity index (χ3n) is 2.59. The maximum Gasteiger partial charge on any atom is 0.322 e. The van der Waals surface area contributed by atoms with E-state index in [9.17, 15) is 4.79 Å². The molecule has 0 unspecified atom stereocenters. The van der Waals surface area contributed by atoms with Gasteiger partial charge in [0, 0.05) is 0 Å². The molecule has 0 bridgehead atoms. The lowest BCUT2D eigenvalue weighted by atomic mass is 9.93. The SMILES string of the molecule is COC(=O)[C@@H]1C[C@H](C(C)C)CN1. The number of rotatable bonds is 2. The minimum atomic E-state index is -0.127. The van der Waals surface area contributed by atoms with Crippen LogP contribution in [0, 0.1) is 11.8 Å². The second kappa shape index (κ2) is 3.90. The third kappa shape index (κ3) is 1.97. The molecule has 1 N–H and O–H groups in total. The monoisotopic (exact) mass is 171 g/mol. The van der Waals surface area contributed by atoms with E-state index >= 15 is 0 Å². The molecule has 0 aromatic carbocycles. The normalized spacial score (nSPS) is 29.3. The van der Waals surface area contributed by atoms with Gasteiger partial charge in [0.25, 0.3) is 0 Å². The molecular formula is C9H17NO2. The molecule has 0 aromatic heterocycles. The number of hydrogen-bond donors (Lipinski definition) is 1. The topological polar surface area (TPSA) is 38.3 Å². The molecule has 1 fully saturated rings. The summed E-state index contributed by atoms with van der Waals surface area (Å²) in [6, 6.07) is -0.0672. The summed E-state index contributed by atoms with van der Waals surface area (Å²) >= 11 is 0. The Kier molecular flexibility index (Phi) is 3.09. The summed E-state index contributed by atoms with van der Waals surface area (Å²) < 4.78 is 4.66. The van der Waals surface area contributed by atoms with Crippen molar-refractivity contribution in [3.8, 4) is 0 Å². The molecule has 1 aliphatic heterocycles. The zero-order chi connectivity index (χ0) is 9.14. The van der Waals surface area contributed by atoms with Gasteiger partial charge in [0.15, 0.2) is 0 Å². The van der Waals surface area contributed by atoms with Crippen LogP contribution in [0.2, 0.25) is 0 Å². The van der Waals surface area contributed by atoms with Crippen LogP contribution in [0.4, 0.5) is 0 Å².